The number of fused-ring (bicyclic) bond motifs is 3. The lowest BCUT2D eigenvalue weighted by Gasteiger charge is -2.61. The summed E-state index contributed by atoms with van der Waals surface area (Å²) in [5.41, 5.74) is 0.332. The lowest BCUT2D eigenvalue weighted by Crippen LogP contribution is -2.73. The molecule has 0 aromatic heterocycles. The minimum Gasteiger partial charge on any atom is -0.274 e. The molecule has 1 aliphatic heterocycles. The lowest BCUT2D eigenvalue weighted by atomic mass is 9.57. The molecular formula is C15H21NO2. The van der Waals surface area contributed by atoms with Crippen LogP contribution in [0.5, 0.6) is 0 Å². The number of amides is 2. The van der Waals surface area contributed by atoms with Gasteiger partial charge < -0.3 is 0 Å². The van der Waals surface area contributed by atoms with E-state index in [1.165, 1.54) is 19.3 Å². The molecule has 3 unspecified atom stereocenters. The van der Waals surface area contributed by atoms with Gasteiger partial charge in [-0.3, -0.25) is 14.5 Å². The summed E-state index contributed by atoms with van der Waals surface area (Å²) >= 11 is 0. The third-order valence-electron chi connectivity index (χ3n) is 5.88. The molecule has 2 saturated carbocycles. The van der Waals surface area contributed by atoms with Gasteiger partial charge in [-0.05, 0) is 43.4 Å². The second-order valence-electron chi connectivity index (χ2n) is 6.84. The first-order valence-corrected chi connectivity index (χ1v) is 6.85. The summed E-state index contributed by atoms with van der Waals surface area (Å²) < 4.78 is 0. The van der Waals surface area contributed by atoms with Crippen LogP contribution in [0.3, 0.4) is 0 Å². The van der Waals surface area contributed by atoms with Gasteiger partial charge in [-0.15, -0.1) is 0 Å². The van der Waals surface area contributed by atoms with Crippen molar-refractivity contribution in [2.45, 2.75) is 52.0 Å². The Morgan fingerprint density at radius 1 is 1.33 bits per heavy atom. The number of carbonyl (C=O) groups is 2. The highest BCUT2D eigenvalue weighted by molar-refractivity contribution is 6.08. The third-order valence-corrected chi connectivity index (χ3v) is 5.88. The van der Waals surface area contributed by atoms with Crippen LogP contribution < -0.4 is 0 Å². The van der Waals surface area contributed by atoms with Crippen LogP contribution in [-0.2, 0) is 9.59 Å². The molecule has 3 heteroatoms. The van der Waals surface area contributed by atoms with Crippen molar-refractivity contribution in [3.05, 3.63) is 12.2 Å². The summed E-state index contributed by atoms with van der Waals surface area (Å²) in [6, 6.07) is 0. The highest BCUT2D eigenvalue weighted by atomic mass is 16.2. The van der Waals surface area contributed by atoms with Crippen LogP contribution in [-0.4, -0.2) is 22.3 Å². The maximum absolute atomic E-state index is 12.3. The Hall–Kier alpha value is -1.12. The predicted molar refractivity (Wildman–Crippen MR) is 68.6 cm³/mol. The van der Waals surface area contributed by atoms with Gasteiger partial charge in [0.25, 0.3) is 5.91 Å². The van der Waals surface area contributed by atoms with Crippen molar-refractivity contribution in [1.82, 2.24) is 4.90 Å². The number of imide groups is 1. The second-order valence-corrected chi connectivity index (χ2v) is 6.84. The molecule has 1 spiro atoms. The number of nitrogens with zero attached hydrogens (tertiary/aromatic N) is 1. The van der Waals surface area contributed by atoms with E-state index in [0.717, 1.165) is 0 Å². The largest absolute Gasteiger partial charge is 0.274 e. The van der Waals surface area contributed by atoms with Gasteiger partial charge in [0.05, 0.1) is 12.0 Å². The fourth-order valence-corrected chi connectivity index (χ4v) is 4.80. The van der Waals surface area contributed by atoms with Gasteiger partial charge in [-0.1, -0.05) is 20.4 Å². The maximum Gasteiger partial charge on any atom is 0.256 e. The Bertz CT molecular complexity index is 465. The fourth-order valence-electron chi connectivity index (χ4n) is 4.80. The predicted octanol–water partition coefficient (Wildman–Crippen LogP) is 2.52. The van der Waals surface area contributed by atoms with Crippen LogP contribution >= 0.6 is 0 Å². The van der Waals surface area contributed by atoms with Crippen molar-refractivity contribution in [2.24, 2.45) is 17.3 Å². The first kappa shape index (κ1) is 11.9. The highest BCUT2D eigenvalue weighted by Crippen LogP contribution is 2.68. The number of likely N-dealkylation sites (tertiary alicyclic amines) is 1. The van der Waals surface area contributed by atoms with Crippen LogP contribution in [0.4, 0.5) is 0 Å². The second kappa shape index (κ2) is 3.25. The fraction of sp³-hybridized carbons (Fsp3) is 0.733. The number of carbonyl (C=O) groups excluding carboxylic acids is 2. The zero-order chi connectivity index (χ0) is 13.3. The average Bonchev–Trinajstić information content (AvgIpc) is 2.79. The van der Waals surface area contributed by atoms with Gasteiger partial charge in [0.2, 0.25) is 5.91 Å². The molecule has 98 valence electrons. The monoisotopic (exact) mass is 247 g/mol. The summed E-state index contributed by atoms with van der Waals surface area (Å²) in [7, 11) is 0. The van der Waals surface area contributed by atoms with E-state index in [4.69, 9.17) is 0 Å². The van der Waals surface area contributed by atoms with Crippen LogP contribution in [0.1, 0.15) is 46.5 Å². The minimum atomic E-state index is -0.205. The molecule has 2 bridgehead atoms. The zero-order valence-electron chi connectivity index (χ0n) is 11.5. The standard InChI is InChI=1S/C15H21NO2/c1-9(2)13(18)16-12(17)8-15(16)11-6-5-10(7-11)14(15,3)4/h10-11H,1,5-8H2,2-4H3. The molecule has 3 nitrogen and oxygen atoms in total. The quantitative estimate of drug-likeness (QED) is 0.527. The molecule has 1 heterocycles. The molecule has 0 aromatic rings. The molecule has 3 atom stereocenters. The number of β-lactam (4-membered cyclic amide) rings is 1. The summed E-state index contributed by atoms with van der Waals surface area (Å²) in [6.07, 6.45) is 4.16. The molecule has 3 fully saturated rings. The summed E-state index contributed by atoms with van der Waals surface area (Å²) in [6.45, 7) is 9.89. The number of hydrogen-bond acceptors (Lipinski definition) is 2. The lowest BCUT2D eigenvalue weighted by molar-refractivity contribution is -0.184. The third kappa shape index (κ3) is 1.07. The normalized spacial score (nSPS) is 40.2. The first-order valence-electron chi connectivity index (χ1n) is 6.85. The van der Waals surface area contributed by atoms with Gasteiger partial charge in [-0.2, -0.15) is 0 Å². The van der Waals surface area contributed by atoms with E-state index in [1.807, 2.05) is 0 Å². The Morgan fingerprint density at radius 3 is 2.39 bits per heavy atom. The average molecular weight is 247 g/mol. The molecule has 2 aliphatic carbocycles. The van der Waals surface area contributed by atoms with Crippen molar-refractivity contribution in [3.63, 3.8) is 0 Å². The molecule has 3 aliphatic rings. The molecule has 0 aromatic carbocycles. The van der Waals surface area contributed by atoms with Crippen LogP contribution in [0, 0.1) is 17.3 Å². The van der Waals surface area contributed by atoms with Crippen LogP contribution in [0.15, 0.2) is 12.2 Å². The van der Waals surface area contributed by atoms with Crippen molar-refractivity contribution < 1.29 is 9.59 Å². The van der Waals surface area contributed by atoms with Crippen LogP contribution in [0.25, 0.3) is 0 Å². The SMILES string of the molecule is C=C(C)C(=O)N1C(=O)CC12C1CCC(C1)C2(C)C. The summed E-state index contributed by atoms with van der Waals surface area (Å²) in [5.74, 6) is 1.00. The zero-order valence-corrected chi connectivity index (χ0v) is 11.5. The van der Waals surface area contributed by atoms with Crippen molar-refractivity contribution >= 4 is 11.8 Å². The number of hydrogen-bond donors (Lipinski definition) is 0. The molecule has 18 heavy (non-hydrogen) atoms. The molecule has 2 amide bonds. The Balaban J connectivity index is 2.03. The highest BCUT2D eigenvalue weighted by Gasteiger charge is 2.72. The molecule has 0 radical (unpaired) electrons. The van der Waals surface area contributed by atoms with E-state index >= 15 is 0 Å². The topological polar surface area (TPSA) is 37.4 Å². The molecule has 3 rings (SSSR count). The molecule has 0 N–H and O–H groups in total. The molecular weight excluding hydrogens is 226 g/mol. The molecule has 1 saturated heterocycles. The van der Waals surface area contributed by atoms with Crippen molar-refractivity contribution in [2.75, 3.05) is 0 Å². The first-order chi connectivity index (χ1) is 8.32. The van der Waals surface area contributed by atoms with Crippen molar-refractivity contribution in [3.8, 4) is 0 Å². The Kier molecular flexibility index (Phi) is 2.16. The van der Waals surface area contributed by atoms with E-state index < -0.39 is 0 Å². The van der Waals surface area contributed by atoms with Gasteiger partial charge in [0, 0.05) is 5.57 Å². The smallest absolute Gasteiger partial charge is 0.256 e. The van der Waals surface area contributed by atoms with E-state index in [-0.39, 0.29) is 22.8 Å². The van der Waals surface area contributed by atoms with Gasteiger partial charge in [0.1, 0.15) is 0 Å². The van der Waals surface area contributed by atoms with E-state index in [2.05, 4.69) is 20.4 Å². The summed E-state index contributed by atoms with van der Waals surface area (Å²) in [5, 5.41) is 0. The van der Waals surface area contributed by atoms with Gasteiger partial charge in [-0.25, -0.2) is 0 Å². The van der Waals surface area contributed by atoms with Crippen molar-refractivity contribution in [1.29, 1.82) is 0 Å². The van der Waals surface area contributed by atoms with Crippen LogP contribution in [0.2, 0.25) is 0 Å². The summed E-state index contributed by atoms with van der Waals surface area (Å²) in [4.78, 5) is 25.8. The van der Waals surface area contributed by atoms with E-state index in [0.29, 0.717) is 23.8 Å². The van der Waals surface area contributed by atoms with Gasteiger partial charge in [0.15, 0.2) is 0 Å². The van der Waals surface area contributed by atoms with E-state index in [1.54, 1.807) is 11.8 Å². The Labute approximate surface area is 108 Å². The Morgan fingerprint density at radius 2 is 1.94 bits per heavy atom. The van der Waals surface area contributed by atoms with Gasteiger partial charge >= 0.3 is 0 Å². The number of rotatable bonds is 1. The van der Waals surface area contributed by atoms with E-state index in [9.17, 15) is 9.59 Å². The maximum atomic E-state index is 12.3. The minimum absolute atomic E-state index is 0.0105.